The molecule has 1 aromatic rings. The van der Waals surface area contributed by atoms with E-state index < -0.39 is 10.0 Å². The fraction of sp³-hybridized carbons (Fsp3) is 0.600. The number of nitrogens with zero attached hydrogens (tertiary/aromatic N) is 1. The highest BCUT2D eigenvalue weighted by atomic mass is 79.9. The highest BCUT2D eigenvalue weighted by Gasteiger charge is 2.26. The van der Waals surface area contributed by atoms with E-state index in [1.54, 1.807) is 13.1 Å². The summed E-state index contributed by atoms with van der Waals surface area (Å²) in [7, 11) is -1.69. The molecule has 1 aliphatic carbocycles. The molecule has 20 heavy (non-hydrogen) atoms. The van der Waals surface area contributed by atoms with Crippen LogP contribution in [0.5, 0.6) is 0 Å². The van der Waals surface area contributed by atoms with Gasteiger partial charge >= 0.3 is 0 Å². The summed E-state index contributed by atoms with van der Waals surface area (Å²) < 4.78 is 27.7. The molecule has 0 amide bonds. The van der Waals surface area contributed by atoms with Crippen LogP contribution in [0.2, 0.25) is 0 Å². The second kappa shape index (κ2) is 6.58. The van der Waals surface area contributed by atoms with Crippen LogP contribution in [0, 0.1) is 12.8 Å². The van der Waals surface area contributed by atoms with Crippen molar-refractivity contribution in [1.82, 2.24) is 4.31 Å². The van der Waals surface area contributed by atoms with Gasteiger partial charge in [-0.15, -0.1) is 0 Å². The lowest BCUT2D eigenvalue weighted by Crippen LogP contribution is -2.33. The van der Waals surface area contributed by atoms with Crippen LogP contribution < -0.4 is 0 Å². The molecule has 0 heterocycles. The zero-order chi connectivity index (χ0) is 14.8. The molecule has 1 aliphatic rings. The summed E-state index contributed by atoms with van der Waals surface area (Å²) in [5, 5.41) is 0. The van der Waals surface area contributed by atoms with Crippen LogP contribution >= 0.6 is 15.9 Å². The van der Waals surface area contributed by atoms with Gasteiger partial charge in [-0.2, -0.15) is 0 Å². The number of aryl methyl sites for hydroxylation is 1. The average Bonchev–Trinajstić information content (AvgIpc) is 2.42. The predicted molar refractivity (Wildman–Crippen MR) is 85.3 cm³/mol. The van der Waals surface area contributed by atoms with Crippen molar-refractivity contribution in [3.05, 3.63) is 28.2 Å². The Balaban J connectivity index is 2.18. The molecule has 0 radical (unpaired) electrons. The smallest absolute Gasteiger partial charge is 0.207 e. The van der Waals surface area contributed by atoms with Crippen molar-refractivity contribution in [2.45, 2.75) is 43.9 Å². The van der Waals surface area contributed by atoms with Gasteiger partial charge in [0.15, 0.2) is 0 Å². The minimum Gasteiger partial charge on any atom is -0.207 e. The molecule has 1 saturated carbocycles. The van der Waals surface area contributed by atoms with E-state index in [-0.39, 0.29) is 0 Å². The lowest BCUT2D eigenvalue weighted by molar-refractivity contribution is 0.300. The van der Waals surface area contributed by atoms with E-state index in [9.17, 15) is 8.42 Å². The third-order valence-electron chi connectivity index (χ3n) is 4.08. The Morgan fingerprint density at radius 1 is 1.25 bits per heavy atom. The summed E-state index contributed by atoms with van der Waals surface area (Å²) in [6.45, 7) is 2.47. The first-order valence-electron chi connectivity index (χ1n) is 7.14. The molecular formula is C15H22BrNO2S. The average molecular weight is 360 g/mol. The molecule has 112 valence electrons. The maximum Gasteiger partial charge on any atom is 0.243 e. The third-order valence-corrected chi connectivity index (χ3v) is 6.54. The molecule has 0 N–H and O–H groups in total. The lowest BCUT2D eigenvalue weighted by atomic mass is 9.89. The van der Waals surface area contributed by atoms with E-state index >= 15 is 0 Å². The first kappa shape index (κ1) is 16.0. The van der Waals surface area contributed by atoms with Crippen LogP contribution in [-0.4, -0.2) is 26.3 Å². The maximum absolute atomic E-state index is 12.7. The van der Waals surface area contributed by atoms with E-state index in [0.717, 1.165) is 22.9 Å². The maximum atomic E-state index is 12.7. The zero-order valence-corrected chi connectivity index (χ0v) is 14.5. The van der Waals surface area contributed by atoms with Gasteiger partial charge in [-0.1, -0.05) is 41.3 Å². The number of halogens is 1. The topological polar surface area (TPSA) is 37.4 Å². The Hall–Kier alpha value is -0.390. The van der Waals surface area contributed by atoms with Gasteiger partial charge in [0.2, 0.25) is 10.0 Å². The molecule has 1 fully saturated rings. The van der Waals surface area contributed by atoms with E-state index in [0.29, 0.717) is 17.4 Å². The fourth-order valence-electron chi connectivity index (χ4n) is 2.85. The summed E-state index contributed by atoms with van der Waals surface area (Å²) >= 11 is 3.35. The molecule has 0 saturated heterocycles. The lowest BCUT2D eigenvalue weighted by Gasteiger charge is -2.27. The summed E-state index contributed by atoms with van der Waals surface area (Å²) in [6, 6.07) is 5.41. The molecule has 0 spiro atoms. The second-order valence-corrected chi connectivity index (χ2v) is 8.63. The molecule has 5 heteroatoms. The number of sulfonamides is 1. The first-order chi connectivity index (χ1) is 9.41. The van der Waals surface area contributed by atoms with Crippen molar-refractivity contribution in [3.63, 3.8) is 0 Å². The van der Waals surface area contributed by atoms with Crippen LogP contribution in [-0.2, 0) is 10.0 Å². The largest absolute Gasteiger partial charge is 0.243 e. The number of rotatable bonds is 4. The standard InChI is InChI=1S/C15H22BrNO2S/c1-12-8-9-14(16)10-15(12)20(18,19)17(2)11-13-6-4-3-5-7-13/h8-10,13H,3-7,11H2,1-2H3. The molecule has 2 rings (SSSR count). The molecule has 0 aromatic heterocycles. The predicted octanol–water partition coefficient (Wildman–Crippen LogP) is 3.96. The Morgan fingerprint density at radius 3 is 2.55 bits per heavy atom. The highest BCUT2D eigenvalue weighted by Crippen LogP contribution is 2.27. The number of benzene rings is 1. The van der Waals surface area contributed by atoms with Gasteiger partial charge in [-0.3, -0.25) is 0 Å². The quantitative estimate of drug-likeness (QED) is 0.815. The molecule has 0 bridgehead atoms. The van der Waals surface area contributed by atoms with Gasteiger partial charge in [0.1, 0.15) is 0 Å². The first-order valence-corrected chi connectivity index (χ1v) is 9.37. The van der Waals surface area contributed by atoms with E-state index in [1.807, 2.05) is 19.1 Å². The van der Waals surface area contributed by atoms with Gasteiger partial charge in [0, 0.05) is 18.1 Å². The third kappa shape index (κ3) is 3.62. The van der Waals surface area contributed by atoms with Crippen LogP contribution in [0.15, 0.2) is 27.6 Å². The van der Waals surface area contributed by atoms with Crippen molar-refractivity contribution in [2.75, 3.05) is 13.6 Å². The molecular weight excluding hydrogens is 338 g/mol. The highest BCUT2D eigenvalue weighted by molar-refractivity contribution is 9.10. The fourth-order valence-corrected chi connectivity index (χ4v) is 4.86. The normalized spacial score (nSPS) is 17.6. The molecule has 0 atom stereocenters. The second-order valence-electron chi connectivity index (χ2n) is 5.70. The minimum absolute atomic E-state index is 0.408. The Morgan fingerprint density at radius 2 is 1.90 bits per heavy atom. The van der Waals surface area contributed by atoms with E-state index in [4.69, 9.17) is 0 Å². The van der Waals surface area contributed by atoms with Crippen LogP contribution in [0.4, 0.5) is 0 Å². The molecule has 3 nitrogen and oxygen atoms in total. The summed E-state index contributed by atoms with van der Waals surface area (Å²) in [5.41, 5.74) is 0.795. The van der Waals surface area contributed by atoms with Gasteiger partial charge in [-0.25, -0.2) is 12.7 Å². The molecule has 0 unspecified atom stereocenters. The number of hydrogen-bond acceptors (Lipinski definition) is 2. The van der Waals surface area contributed by atoms with E-state index in [2.05, 4.69) is 15.9 Å². The zero-order valence-electron chi connectivity index (χ0n) is 12.1. The Labute approximate surface area is 130 Å². The summed E-state index contributed by atoms with van der Waals surface area (Å²) in [6.07, 6.45) is 6.05. The van der Waals surface area contributed by atoms with Crippen LogP contribution in [0.3, 0.4) is 0 Å². The van der Waals surface area contributed by atoms with Crippen LogP contribution in [0.1, 0.15) is 37.7 Å². The summed E-state index contributed by atoms with van der Waals surface area (Å²) in [5.74, 6) is 0.510. The Kier molecular flexibility index (Phi) is 5.26. The monoisotopic (exact) mass is 359 g/mol. The molecule has 0 aliphatic heterocycles. The van der Waals surface area contributed by atoms with Crippen molar-refractivity contribution in [3.8, 4) is 0 Å². The van der Waals surface area contributed by atoms with Crippen molar-refractivity contribution >= 4 is 26.0 Å². The van der Waals surface area contributed by atoms with Crippen molar-refractivity contribution in [2.24, 2.45) is 5.92 Å². The van der Waals surface area contributed by atoms with Crippen molar-refractivity contribution < 1.29 is 8.42 Å². The van der Waals surface area contributed by atoms with Gasteiger partial charge in [0.05, 0.1) is 4.90 Å². The number of hydrogen-bond donors (Lipinski definition) is 0. The minimum atomic E-state index is -3.39. The van der Waals surface area contributed by atoms with Crippen molar-refractivity contribution in [1.29, 1.82) is 0 Å². The Bertz CT molecular complexity index is 565. The van der Waals surface area contributed by atoms with Gasteiger partial charge in [0.25, 0.3) is 0 Å². The van der Waals surface area contributed by atoms with Gasteiger partial charge < -0.3 is 0 Å². The van der Waals surface area contributed by atoms with Gasteiger partial charge in [-0.05, 0) is 43.4 Å². The summed E-state index contributed by atoms with van der Waals surface area (Å²) in [4.78, 5) is 0.408. The van der Waals surface area contributed by atoms with E-state index in [1.165, 1.54) is 23.6 Å². The SMILES string of the molecule is Cc1ccc(Br)cc1S(=O)(=O)N(C)CC1CCCCC1. The van der Waals surface area contributed by atoms with Crippen LogP contribution in [0.25, 0.3) is 0 Å². The molecule has 1 aromatic carbocycles.